The predicted molar refractivity (Wildman–Crippen MR) is 113 cm³/mol. The zero-order valence-corrected chi connectivity index (χ0v) is 16.4. The second-order valence-electron chi connectivity index (χ2n) is 7.38. The van der Waals surface area contributed by atoms with E-state index in [-0.39, 0.29) is 12.5 Å². The minimum Gasteiger partial charge on any atom is -0.484 e. The van der Waals surface area contributed by atoms with Crippen LogP contribution in [0.2, 0.25) is 5.02 Å². The number of rotatable bonds is 5. The molecule has 2 aliphatic rings. The molecule has 1 amide bonds. The fourth-order valence-electron chi connectivity index (χ4n) is 3.92. The Bertz CT molecular complexity index is 1060. The highest BCUT2D eigenvalue weighted by Crippen LogP contribution is 2.28. The first-order valence-electron chi connectivity index (χ1n) is 9.59. The summed E-state index contributed by atoms with van der Waals surface area (Å²) in [4.78, 5) is 23.7. The number of ether oxygens (including phenoxy) is 1. The van der Waals surface area contributed by atoms with Gasteiger partial charge in [0.2, 0.25) is 5.95 Å². The van der Waals surface area contributed by atoms with Crippen molar-refractivity contribution < 1.29 is 9.53 Å². The lowest BCUT2D eigenvalue weighted by atomic mass is 10.2. The van der Waals surface area contributed by atoms with E-state index in [2.05, 4.69) is 20.5 Å². The fraction of sp³-hybridized carbons (Fsp3) is 0.286. The standard InChI is InChI=1S/C21H20ClN5O2/c22-14-1-4-18(5-2-14)29-12-20(28)25-15-3-6-19-13(7-15)9-24-21(26-19)27-11-16-8-17(27)10-23-16/h1-7,9,16-17,23H,8,10-12H2,(H,25,28). The van der Waals surface area contributed by atoms with Gasteiger partial charge < -0.3 is 20.3 Å². The summed E-state index contributed by atoms with van der Waals surface area (Å²) in [5.41, 5.74) is 1.55. The zero-order valence-electron chi connectivity index (χ0n) is 15.6. The average molecular weight is 410 g/mol. The van der Waals surface area contributed by atoms with E-state index < -0.39 is 0 Å². The van der Waals surface area contributed by atoms with Gasteiger partial charge in [0, 0.05) is 47.5 Å². The maximum absolute atomic E-state index is 12.2. The number of benzene rings is 2. The topological polar surface area (TPSA) is 79.4 Å². The number of fused-ring (bicyclic) bond motifs is 3. The molecule has 5 rings (SSSR count). The van der Waals surface area contributed by atoms with Crippen LogP contribution in [0.4, 0.5) is 11.6 Å². The molecule has 148 valence electrons. The van der Waals surface area contributed by atoms with Gasteiger partial charge in [0.05, 0.1) is 5.52 Å². The molecule has 8 heteroatoms. The number of carbonyl (C=O) groups is 1. The van der Waals surface area contributed by atoms with Crippen LogP contribution in [-0.4, -0.2) is 47.7 Å². The van der Waals surface area contributed by atoms with E-state index in [1.807, 2.05) is 24.4 Å². The molecule has 7 nitrogen and oxygen atoms in total. The fourth-order valence-corrected chi connectivity index (χ4v) is 4.05. The number of aromatic nitrogens is 2. The molecule has 2 aromatic carbocycles. The van der Waals surface area contributed by atoms with Crippen molar-refractivity contribution in [2.45, 2.75) is 18.5 Å². The molecule has 0 saturated carbocycles. The Balaban J connectivity index is 1.24. The predicted octanol–water partition coefficient (Wildman–Crippen LogP) is 2.85. The number of carbonyl (C=O) groups excluding carboxylic acids is 1. The third-order valence-corrected chi connectivity index (χ3v) is 5.60. The molecule has 3 heterocycles. The van der Waals surface area contributed by atoms with Crippen LogP contribution >= 0.6 is 11.6 Å². The highest BCUT2D eigenvalue weighted by atomic mass is 35.5. The van der Waals surface area contributed by atoms with Crippen LogP contribution in [0.1, 0.15) is 6.42 Å². The molecule has 0 aliphatic carbocycles. The molecule has 2 unspecified atom stereocenters. The summed E-state index contributed by atoms with van der Waals surface area (Å²) in [6.45, 7) is 1.87. The van der Waals surface area contributed by atoms with Crippen LogP contribution in [0.15, 0.2) is 48.7 Å². The van der Waals surface area contributed by atoms with E-state index in [0.717, 1.165) is 36.4 Å². The summed E-state index contributed by atoms with van der Waals surface area (Å²) in [7, 11) is 0. The van der Waals surface area contributed by atoms with Gasteiger partial charge in [-0.05, 0) is 48.9 Å². The molecule has 2 atom stereocenters. The summed E-state index contributed by atoms with van der Waals surface area (Å²) >= 11 is 5.84. The van der Waals surface area contributed by atoms with Gasteiger partial charge >= 0.3 is 0 Å². The Morgan fingerprint density at radius 1 is 1.28 bits per heavy atom. The third kappa shape index (κ3) is 3.83. The van der Waals surface area contributed by atoms with Crippen molar-refractivity contribution in [3.05, 3.63) is 53.7 Å². The van der Waals surface area contributed by atoms with Crippen LogP contribution in [-0.2, 0) is 4.79 Å². The van der Waals surface area contributed by atoms with Gasteiger partial charge in [-0.15, -0.1) is 0 Å². The SMILES string of the molecule is O=C(COc1ccc(Cl)cc1)Nc1ccc2nc(N3CC4CC3CN4)ncc2c1. The smallest absolute Gasteiger partial charge is 0.262 e. The summed E-state index contributed by atoms with van der Waals surface area (Å²) in [6, 6.07) is 13.5. The number of nitrogens with zero attached hydrogens (tertiary/aromatic N) is 3. The van der Waals surface area contributed by atoms with E-state index in [0.29, 0.717) is 28.5 Å². The summed E-state index contributed by atoms with van der Waals surface area (Å²) < 4.78 is 5.47. The quantitative estimate of drug-likeness (QED) is 0.674. The Morgan fingerprint density at radius 2 is 2.14 bits per heavy atom. The highest BCUT2D eigenvalue weighted by molar-refractivity contribution is 6.30. The van der Waals surface area contributed by atoms with Crippen molar-refractivity contribution >= 4 is 40.0 Å². The Morgan fingerprint density at radius 3 is 2.90 bits per heavy atom. The van der Waals surface area contributed by atoms with Crippen LogP contribution in [0.3, 0.4) is 0 Å². The minimum absolute atomic E-state index is 0.0827. The van der Waals surface area contributed by atoms with Crippen molar-refractivity contribution in [3.8, 4) is 5.75 Å². The monoisotopic (exact) mass is 409 g/mol. The summed E-state index contributed by atoms with van der Waals surface area (Å²) in [6.07, 6.45) is 2.97. The van der Waals surface area contributed by atoms with Gasteiger partial charge in [-0.1, -0.05) is 11.6 Å². The maximum Gasteiger partial charge on any atom is 0.262 e. The number of nitrogens with one attached hydrogen (secondary N) is 2. The number of halogens is 1. The van der Waals surface area contributed by atoms with Crippen molar-refractivity contribution in [1.82, 2.24) is 15.3 Å². The lowest BCUT2D eigenvalue weighted by molar-refractivity contribution is -0.118. The van der Waals surface area contributed by atoms with Gasteiger partial charge in [-0.3, -0.25) is 4.79 Å². The number of hydrogen-bond acceptors (Lipinski definition) is 6. The normalized spacial score (nSPS) is 20.2. The molecule has 2 aliphatic heterocycles. The second-order valence-corrected chi connectivity index (χ2v) is 7.82. The van der Waals surface area contributed by atoms with Crippen molar-refractivity contribution in [2.24, 2.45) is 0 Å². The Labute approximate surface area is 173 Å². The maximum atomic E-state index is 12.2. The Hall–Kier alpha value is -2.90. The molecular weight excluding hydrogens is 390 g/mol. The van der Waals surface area contributed by atoms with E-state index in [1.54, 1.807) is 24.3 Å². The van der Waals surface area contributed by atoms with E-state index in [9.17, 15) is 4.79 Å². The number of piperazine rings is 1. The molecule has 29 heavy (non-hydrogen) atoms. The first-order chi connectivity index (χ1) is 14.1. The molecule has 3 aromatic rings. The second kappa shape index (κ2) is 7.50. The van der Waals surface area contributed by atoms with Crippen LogP contribution in [0.5, 0.6) is 5.75 Å². The number of amides is 1. The van der Waals surface area contributed by atoms with Crippen molar-refractivity contribution in [1.29, 1.82) is 0 Å². The molecule has 2 fully saturated rings. The molecular formula is C21H20ClN5O2. The van der Waals surface area contributed by atoms with E-state index in [4.69, 9.17) is 21.3 Å². The van der Waals surface area contributed by atoms with Gasteiger partial charge in [0.1, 0.15) is 5.75 Å². The summed E-state index contributed by atoms with van der Waals surface area (Å²) in [5.74, 6) is 1.13. The first-order valence-corrected chi connectivity index (χ1v) is 9.97. The molecule has 0 radical (unpaired) electrons. The molecule has 2 N–H and O–H groups in total. The highest BCUT2D eigenvalue weighted by Gasteiger charge is 2.38. The van der Waals surface area contributed by atoms with Gasteiger partial charge in [-0.2, -0.15) is 0 Å². The Kier molecular flexibility index (Phi) is 4.69. The van der Waals surface area contributed by atoms with E-state index >= 15 is 0 Å². The van der Waals surface area contributed by atoms with E-state index in [1.165, 1.54) is 0 Å². The average Bonchev–Trinajstić information content (AvgIpc) is 3.37. The first kappa shape index (κ1) is 18.1. The zero-order chi connectivity index (χ0) is 19.8. The largest absolute Gasteiger partial charge is 0.484 e. The van der Waals surface area contributed by atoms with Crippen molar-refractivity contribution in [3.63, 3.8) is 0 Å². The number of anilines is 2. The molecule has 1 aromatic heterocycles. The minimum atomic E-state index is -0.238. The van der Waals surface area contributed by atoms with Crippen LogP contribution in [0.25, 0.3) is 10.9 Å². The third-order valence-electron chi connectivity index (χ3n) is 5.35. The lowest BCUT2D eigenvalue weighted by Crippen LogP contribution is -2.44. The van der Waals surface area contributed by atoms with Crippen LogP contribution < -0.4 is 20.3 Å². The van der Waals surface area contributed by atoms with Crippen LogP contribution in [0, 0.1) is 0 Å². The lowest BCUT2D eigenvalue weighted by Gasteiger charge is -2.27. The molecule has 0 spiro atoms. The van der Waals surface area contributed by atoms with Gasteiger partial charge in [0.25, 0.3) is 5.91 Å². The van der Waals surface area contributed by atoms with Gasteiger partial charge in [0.15, 0.2) is 6.61 Å². The number of hydrogen-bond donors (Lipinski definition) is 2. The molecule has 2 bridgehead atoms. The van der Waals surface area contributed by atoms with Gasteiger partial charge in [-0.25, -0.2) is 9.97 Å². The summed E-state index contributed by atoms with van der Waals surface area (Å²) in [5, 5.41) is 7.84. The van der Waals surface area contributed by atoms with Crippen molar-refractivity contribution in [2.75, 3.05) is 29.9 Å². The molecule has 2 saturated heterocycles.